The van der Waals surface area contributed by atoms with Crippen LogP contribution in [0.1, 0.15) is 30.7 Å². The third-order valence-corrected chi connectivity index (χ3v) is 4.97. The molecule has 0 aromatic heterocycles. The van der Waals surface area contributed by atoms with Gasteiger partial charge in [0, 0.05) is 24.1 Å². The van der Waals surface area contributed by atoms with Gasteiger partial charge in [0.25, 0.3) is 0 Å². The molecule has 2 nitrogen and oxygen atoms in total. The van der Waals surface area contributed by atoms with Crippen LogP contribution in [0.15, 0.2) is 60.7 Å². The number of fused-ring (bicyclic) bond motifs is 2. The number of para-hydroxylation sites is 1. The molecule has 2 aromatic carbocycles. The fourth-order valence-corrected chi connectivity index (χ4v) is 4.05. The third-order valence-electron chi connectivity index (χ3n) is 4.97. The number of hydrogen-bond donors (Lipinski definition) is 0. The molecule has 2 aliphatic heterocycles. The maximum atomic E-state index is 12.4. The lowest BCUT2D eigenvalue weighted by atomic mass is 9.90. The van der Waals surface area contributed by atoms with Crippen molar-refractivity contribution in [1.29, 1.82) is 0 Å². The van der Waals surface area contributed by atoms with Crippen LogP contribution in [0.25, 0.3) is 0 Å². The van der Waals surface area contributed by atoms with Gasteiger partial charge in [-0.15, -0.1) is 0 Å². The standard InChI is InChI=1S/C19H19NO/c21-19-12-11-17-16(14-7-3-1-4-8-14)13-18(19)20(17)15-9-5-2-6-10-15/h1-10,16-18H,11-13H2. The molecule has 21 heavy (non-hydrogen) atoms. The van der Waals surface area contributed by atoms with Crippen molar-refractivity contribution < 1.29 is 4.79 Å². The van der Waals surface area contributed by atoms with Crippen molar-refractivity contribution in [2.24, 2.45) is 0 Å². The average Bonchev–Trinajstić information content (AvgIpc) is 2.85. The van der Waals surface area contributed by atoms with E-state index in [1.54, 1.807) is 0 Å². The molecule has 0 radical (unpaired) electrons. The van der Waals surface area contributed by atoms with Gasteiger partial charge >= 0.3 is 0 Å². The van der Waals surface area contributed by atoms with Gasteiger partial charge in [0.1, 0.15) is 0 Å². The Hall–Kier alpha value is -2.09. The quantitative estimate of drug-likeness (QED) is 0.832. The van der Waals surface area contributed by atoms with E-state index in [2.05, 4.69) is 59.5 Å². The number of carbonyl (C=O) groups is 1. The number of Topliss-reactive ketones (excluding diaryl/α,β-unsaturated/α-hetero) is 1. The van der Waals surface area contributed by atoms with E-state index in [9.17, 15) is 4.79 Å². The first-order valence-electron chi connectivity index (χ1n) is 7.75. The van der Waals surface area contributed by atoms with Crippen LogP contribution in [0.5, 0.6) is 0 Å². The number of hydrogen-bond acceptors (Lipinski definition) is 2. The highest BCUT2D eigenvalue weighted by Gasteiger charge is 2.47. The van der Waals surface area contributed by atoms with E-state index in [1.807, 2.05) is 6.07 Å². The van der Waals surface area contributed by atoms with Gasteiger partial charge < -0.3 is 4.90 Å². The first-order valence-corrected chi connectivity index (χ1v) is 7.75. The van der Waals surface area contributed by atoms with Gasteiger partial charge in [-0.1, -0.05) is 48.5 Å². The zero-order chi connectivity index (χ0) is 14.2. The Morgan fingerprint density at radius 2 is 1.57 bits per heavy atom. The number of ketones is 1. The van der Waals surface area contributed by atoms with Crippen LogP contribution in [0, 0.1) is 0 Å². The van der Waals surface area contributed by atoms with Crippen LogP contribution in [0.2, 0.25) is 0 Å². The first kappa shape index (κ1) is 12.6. The maximum Gasteiger partial charge on any atom is 0.155 e. The smallest absolute Gasteiger partial charge is 0.155 e. The van der Waals surface area contributed by atoms with Crippen LogP contribution < -0.4 is 4.90 Å². The predicted molar refractivity (Wildman–Crippen MR) is 84.5 cm³/mol. The Morgan fingerprint density at radius 1 is 0.905 bits per heavy atom. The van der Waals surface area contributed by atoms with E-state index in [4.69, 9.17) is 0 Å². The lowest BCUT2D eigenvalue weighted by molar-refractivity contribution is -0.120. The second-order valence-electron chi connectivity index (χ2n) is 6.08. The second-order valence-corrected chi connectivity index (χ2v) is 6.08. The van der Waals surface area contributed by atoms with Crippen molar-refractivity contribution in [2.45, 2.75) is 37.3 Å². The van der Waals surface area contributed by atoms with Gasteiger partial charge in [0.15, 0.2) is 5.78 Å². The summed E-state index contributed by atoms with van der Waals surface area (Å²) in [4.78, 5) is 14.7. The number of piperidine rings is 1. The minimum Gasteiger partial charge on any atom is -0.358 e. The molecule has 2 bridgehead atoms. The van der Waals surface area contributed by atoms with Crippen molar-refractivity contribution in [3.05, 3.63) is 66.2 Å². The van der Waals surface area contributed by atoms with Gasteiger partial charge in [-0.25, -0.2) is 0 Å². The fraction of sp³-hybridized carbons (Fsp3) is 0.316. The third kappa shape index (κ3) is 2.06. The molecule has 106 valence electrons. The Labute approximate surface area is 125 Å². The summed E-state index contributed by atoms with van der Waals surface area (Å²) in [5.41, 5.74) is 2.57. The lowest BCUT2D eigenvalue weighted by Gasteiger charge is -2.37. The summed E-state index contributed by atoms with van der Waals surface area (Å²) in [7, 11) is 0. The van der Waals surface area contributed by atoms with Gasteiger partial charge in [-0.3, -0.25) is 4.79 Å². The second kappa shape index (κ2) is 5.03. The van der Waals surface area contributed by atoms with E-state index < -0.39 is 0 Å². The monoisotopic (exact) mass is 277 g/mol. The minimum atomic E-state index is 0.0661. The normalized spacial score (nSPS) is 27.9. The number of benzene rings is 2. The molecular weight excluding hydrogens is 258 g/mol. The maximum absolute atomic E-state index is 12.4. The van der Waals surface area contributed by atoms with Crippen LogP contribution >= 0.6 is 0 Å². The molecule has 0 saturated carbocycles. The van der Waals surface area contributed by atoms with Crippen LogP contribution in [-0.4, -0.2) is 17.9 Å². The topological polar surface area (TPSA) is 20.3 Å². The number of anilines is 1. The Morgan fingerprint density at radius 3 is 2.29 bits per heavy atom. The highest BCUT2D eigenvalue weighted by atomic mass is 16.1. The molecule has 2 heterocycles. The highest BCUT2D eigenvalue weighted by molar-refractivity contribution is 5.90. The number of nitrogens with zero attached hydrogens (tertiary/aromatic N) is 1. The van der Waals surface area contributed by atoms with Crippen molar-refractivity contribution in [3.63, 3.8) is 0 Å². The Balaban J connectivity index is 1.74. The Kier molecular flexibility index (Phi) is 3.03. The molecule has 2 saturated heterocycles. The summed E-state index contributed by atoms with van der Waals surface area (Å²) >= 11 is 0. The van der Waals surface area contributed by atoms with Gasteiger partial charge in [0.2, 0.25) is 0 Å². The highest BCUT2D eigenvalue weighted by Crippen LogP contribution is 2.45. The molecule has 0 amide bonds. The summed E-state index contributed by atoms with van der Waals surface area (Å²) in [5.74, 6) is 0.886. The van der Waals surface area contributed by atoms with E-state index in [-0.39, 0.29) is 6.04 Å². The molecule has 0 N–H and O–H groups in total. The molecule has 2 aromatic rings. The van der Waals surface area contributed by atoms with Crippen LogP contribution in [0.3, 0.4) is 0 Å². The summed E-state index contributed by atoms with van der Waals surface area (Å²) in [6, 6.07) is 21.6. The molecular formula is C19H19NO. The number of rotatable bonds is 2. The molecule has 2 fully saturated rings. The van der Waals surface area contributed by atoms with Crippen molar-refractivity contribution in [1.82, 2.24) is 0 Å². The van der Waals surface area contributed by atoms with Crippen molar-refractivity contribution in [2.75, 3.05) is 4.90 Å². The van der Waals surface area contributed by atoms with Crippen LogP contribution in [0.4, 0.5) is 5.69 Å². The molecule has 3 unspecified atom stereocenters. The van der Waals surface area contributed by atoms with E-state index in [0.29, 0.717) is 17.7 Å². The fourth-order valence-electron chi connectivity index (χ4n) is 4.05. The lowest BCUT2D eigenvalue weighted by Crippen LogP contribution is -2.45. The number of carbonyl (C=O) groups excluding carboxylic acids is 1. The van der Waals surface area contributed by atoms with Gasteiger partial charge in [0.05, 0.1) is 6.04 Å². The zero-order valence-electron chi connectivity index (χ0n) is 12.0. The minimum absolute atomic E-state index is 0.0661. The molecule has 3 atom stereocenters. The summed E-state index contributed by atoms with van der Waals surface area (Å²) in [5, 5.41) is 0. The van der Waals surface area contributed by atoms with E-state index in [1.165, 1.54) is 11.3 Å². The largest absolute Gasteiger partial charge is 0.358 e. The van der Waals surface area contributed by atoms with Gasteiger partial charge in [-0.05, 0) is 30.5 Å². The zero-order valence-corrected chi connectivity index (χ0v) is 12.0. The first-order chi connectivity index (χ1) is 10.3. The van der Waals surface area contributed by atoms with Crippen molar-refractivity contribution in [3.8, 4) is 0 Å². The summed E-state index contributed by atoms with van der Waals surface area (Å²) in [6.45, 7) is 0. The van der Waals surface area contributed by atoms with Crippen molar-refractivity contribution >= 4 is 11.5 Å². The molecule has 4 rings (SSSR count). The SMILES string of the molecule is O=C1CCC2C(c3ccccc3)CC1N2c1ccccc1. The van der Waals surface area contributed by atoms with E-state index in [0.717, 1.165) is 19.3 Å². The molecule has 2 aliphatic rings. The average molecular weight is 277 g/mol. The molecule has 0 spiro atoms. The van der Waals surface area contributed by atoms with Crippen LogP contribution in [-0.2, 0) is 4.79 Å². The molecule has 0 aliphatic carbocycles. The Bertz CT molecular complexity index is 637. The summed E-state index contributed by atoms with van der Waals surface area (Å²) in [6.07, 6.45) is 2.67. The molecule has 2 heteroatoms. The van der Waals surface area contributed by atoms with Gasteiger partial charge in [-0.2, -0.15) is 0 Å². The van der Waals surface area contributed by atoms with E-state index >= 15 is 0 Å². The predicted octanol–water partition coefficient (Wildman–Crippen LogP) is 3.78. The summed E-state index contributed by atoms with van der Waals surface area (Å²) < 4.78 is 0.